The van der Waals surface area contributed by atoms with Gasteiger partial charge in [-0.3, -0.25) is 14.6 Å². The predicted octanol–water partition coefficient (Wildman–Crippen LogP) is 4.44. The van der Waals surface area contributed by atoms with E-state index in [1.807, 2.05) is 54.8 Å². The van der Waals surface area contributed by atoms with Crippen LogP contribution in [0.5, 0.6) is 0 Å². The molecule has 182 valence electrons. The van der Waals surface area contributed by atoms with Crippen LogP contribution in [0.3, 0.4) is 0 Å². The quantitative estimate of drug-likeness (QED) is 0.350. The number of benzene rings is 2. The highest BCUT2D eigenvalue weighted by atomic mass is 32.1. The van der Waals surface area contributed by atoms with Gasteiger partial charge < -0.3 is 15.7 Å². The summed E-state index contributed by atoms with van der Waals surface area (Å²) < 4.78 is 0. The summed E-state index contributed by atoms with van der Waals surface area (Å²) in [6, 6.07) is 17.5. The van der Waals surface area contributed by atoms with E-state index < -0.39 is 0 Å². The molecule has 0 aliphatic heterocycles. The first kappa shape index (κ1) is 23.8. The monoisotopic (exact) mass is 498 g/mol. The van der Waals surface area contributed by atoms with Crippen molar-refractivity contribution in [1.82, 2.24) is 15.3 Å². The average Bonchev–Trinajstić information content (AvgIpc) is 3.52. The summed E-state index contributed by atoms with van der Waals surface area (Å²) in [6.45, 7) is 1.88. The van der Waals surface area contributed by atoms with Crippen LogP contribution in [0.15, 0.2) is 72.4 Å². The van der Waals surface area contributed by atoms with Crippen LogP contribution in [0, 0.1) is 0 Å². The Morgan fingerprint density at radius 1 is 1.06 bits per heavy atom. The molecule has 1 atom stereocenters. The third-order valence-electron chi connectivity index (χ3n) is 6.65. The molecule has 1 aliphatic carbocycles. The molecule has 1 unspecified atom stereocenters. The average molecular weight is 499 g/mol. The first-order chi connectivity index (χ1) is 17.4. The van der Waals surface area contributed by atoms with E-state index in [2.05, 4.69) is 26.7 Å². The molecule has 2 heterocycles. The Balaban J connectivity index is 1.20. The van der Waals surface area contributed by atoms with E-state index in [1.165, 1.54) is 11.3 Å². The SMILES string of the molecule is CC1(CO)CCc2ccc(C(=O)NCC(=O)Nc3nc(-c4cccc(-c5ccncc5)c4)cs3)cc21. The molecule has 3 N–H and O–H groups in total. The van der Waals surface area contributed by atoms with Gasteiger partial charge in [0, 0.05) is 34.3 Å². The molecule has 4 aromatic rings. The van der Waals surface area contributed by atoms with Crippen LogP contribution in [-0.2, 0) is 16.6 Å². The van der Waals surface area contributed by atoms with E-state index in [4.69, 9.17) is 0 Å². The summed E-state index contributed by atoms with van der Waals surface area (Å²) in [5.41, 5.74) is 6.15. The molecule has 1 aliphatic rings. The highest BCUT2D eigenvalue weighted by molar-refractivity contribution is 7.14. The second-order valence-corrected chi connectivity index (χ2v) is 10.0. The largest absolute Gasteiger partial charge is 0.395 e. The van der Waals surface area contributed by atoms with Crippen LogP contribution in [0.1, 0.15) is 34.8 Å². The number of aliphatic hydroxyl groups excluding tert-OH is 1. The van der Waals surface area contributed by atoms with Crippen molar-refractivity contribution in [2.45, 2.75) is 25.2 Å². The van der Waals surface area contributed by atoms with Gasteiger partial charge in [-0.2, -0.15) is 0 Å². The lowest BCUT2D eigenvalue weighted by molar-refractivity contribution is -0.115. The molecular formula is C28H26N4O3S. The fraction of sp³-hybridized carbons (Fsp3) is 0.214. The first-order valence-corrected chi connectivity index (χ1v) is 12.6. The Hall–Kier alpha value is -3.88. The number of carbonyl (C=O) groups excluding carboxylic acids is 2. The number of fused-ring (bicyclic) bond motifs is 1. The topological polar surface area (TPSA) is 104 Å². The second-order valence-electron chi connectivity index (χ2n) is 9.18. The number of carbonyl (C=O) groups is 2. The van der Waals surface area contributed by atoms with Gasteiger partial charge in [0.25, 0.3) is 5.91 Å². The molecule has 7 nitrogen and oxygen atoms in total. The molecular weight excluding hydrogens is 472 g/mol. The van der Waals surface area contributed by atoms with Crippen LogP contribution >= 0.6 is 11.3 Å². The molecule has 0 fully saturated rings. The van der Waals surface area contributed by atoms with Gasteiger partial charge in [-0.15, -0.1) is 11.3 Å². The molecule has 8 heteroatoms. The summed E-state index contributed by atoms with van der Waals surface area (Å²) in [5.74, 6) is -0.677. The standard InChI is InChI=1S/C28H26N4O3S/c1-28(17-33)10-7-19-5-6-22(14-23(19)28)26(35)30-15-25(34)32-27-31-24(16-36-27)21-4-2-3-20(13-21)18-8-11-29-12-9-18/h2-6,8-9,11-14,16,33H,7,10,15,17H2,1H3,(H,30,35)(H,31,32,34). The summed E-state index contributed by atoms with van der Waals surface area (Å²) in [5, 5.41) is 17.6. The molecule has 0 radical (unpaired) electrons. The van der Waals surface area contributed by atoms with Crippen molar-refractivity contribution in [3.63, 3.8) is 0 Å². The van der Waals surface area contributed by atoms with Crippen molar-refractivity contribution in [3.05, 3.63) is 89.1 Å². The van der Waals surface area contributed by atoms with Crippen LogP contribution in [0.2, 0.25) is 0 Å². The Kier molecular flexibility index (Phi) is 6.63. The van der Waals surface area contributed by atoms with Crippen molar-refractivity contribution >= 4 is 28.3 Å². The number of aryl methyl sites for hydroxylation is 1. The van der Waals surface area contributed by atoms with Crippen molar-refractivity contribution in [2.75, 3.05) is 18.5 Å². The van der Waals surface area contributed by atoms with Crippen LogP contribution in [0.4, 0.5) is 5.13 Å². The number of pyridine rings is 1. The van der Waals surface area contributed by atoms with E-state index in [0.29, 0.717) is 10.7 Å². The maximum atomic E-state index is 12.7. The van der Waals surface area contributed by atoms with Gasteiger partial charge in [0.05, 0.1) is 18.8 Å². The smallest absolute Gasteiger partial charge is 0.251 e. The van der Waals surface area contributed by atoms with Gasteiger partial charge in [-0.1, -0.05) is 31.2 Å². The molecule has 0 spiro atoms. The normalized spacial score (nSPS) is 16.4. The van der Waals surface area contributed by atoms with E-state index in [1.54, 1.807) is 18.5 Å². The Morgan fingerprint density at radius 2 is 1.86 bits per heavy atom. The van der Waals surface area contributed by atoms with Gasteiger partial charge >= 0.3 is 0 Å². The number of anilines is 1. The number of hydrogen-bond acceptors (Lipinski definition) is 6. The predicted molar refractivity (Wildman–Crippen MR) is 141 cm³/mol. The third-order valence-corrected chi connectivity index (χ3v) is 7.41. The Bertz CT molecular complexity index is 1420. The van der Waals surface area contributed by atoms with Gasteiger partial charge in [0.15, 0.2) is 5.13 Å². The zero-order chi connectivity index (χ0) is 25.1. The van der Waals surface area contributed by atoms with Crippen LogP contribution < -0.4 is 10.6 Å². The fourth-order valence-electron chi connectivity index (χ4n) is 4.50. The number of aliphatic hydroxyl groups is 1. The zero-order valence-corrected chi connectivity index (χ0v) is 20.6. The number of rotatable bonds is 7. The maximum absolute atomic E-state index is 12.7. The van der Waals surface area contributed by atoms with Crippen molar-refractivity contribution in [3.8, 4) is 22.4 Å². The van der Waals surface area contributed by atoms with Gasteiger partial charge in [-0.05, 0) is 65.4 Å². The maximum Gasteiger partial charge on any atom is 0.251 e. The van der Waals surface area contributed by atoms with Gasteiger partial charge in [-0.25, -0.2) is 4.98 Å². The number of nitrogens with zero attached hydrogens (tertiary/aromatic N) is 2. The lowest BCUT2D eigenvalue weighted by Crippen LogP contribution is -2.33. The fourth-order valence-corrected chi connectivity index (χ4v) is 5.24. The highest BCUT2D eigenvalue weighted by Gasteiger charge is 2.34. The van der Waals surface area contributed by atoms with Gasteiger partial charge in [0.2, 0.25) is 5.91 Å². The minimum absolute atomic E-state index is 0.0390. The molecule has 2 aromatic heterocycles. The van der Waals surface area contributed by atoms with Crippen molar-refractivity contribution in [2.24, 2.45) is 0 Å². The van der Waals surface area contributed by atoms with E-state index in [0.717, 1.165) is 46.4 Å². The summed E-state index contributed by atoms with van der Waals surface area (Å²) in [6.07, 6.45) is 5.26. The molecule has 0 saturated carbocycles. The molecule has 2 amide bonds. The number of thiazole rings is 1. The second kappa shape index (κ2) is 10.0. The highest BCUT2D eigenvalue weighted by Crippen LogP contribution is 2.38. The number of hydrogen-bond donors (Lipinski definition) is 3. The van der Waals surface area contributed by atoms with E-state index >= 15 is 0 Å². The van der Waals surface area contributed by atoms with E-state index in [9.17, 15) is 14.7 Å². The van der Waals surface area contributed by atoms with Crippen molar-refractivity contribution < 1.29 is 14.7 Å². The lowest BCUT2D eigenvalue weighted by Gasteiger charge is -2.22. The Morgan fingerprint density at radius 3 is 2.67 bits per heavy atom. The van der Waals surface area contributed by atoms with Crippen molar-refractivity contribution in [1.29, 1.82) is 0 Å². The minimum atomic E-state index is -0.351. The molecule has 36 heavy (non-hydrogen) atoms. The van der Waals surface area contributed by atoms with Crippen LogP contribution in [-0.4, -0.2) is 40.0 Å². The lowest BCUT2D eigenvalue weighted by atomic mass is 9.84. The summed E-state index contributed by atoms with van der Waals surface area (Å²) in [7, 11) is 0. The number of nitrogens with one attached hydrogen (secondary N) is 2. The molecule has 2 aromatic carbocycles. The number of amides is 2. The molecule has 0 bridgehead atoms. The minimum Gasteiger partial charge on any atom is -0.395 e. The van der Waals surface area contributed by atoms with E-state index in [-0.39, 0.29) is 30.4 Å². The zero-order valence-electron chi connectivity index (χ0n) is 19.8. The molecule has 5 rings (SSSR count). The molecule has 0 saturated heterocycles. The first-order valence-electron chi connectivity index (χ1n) is 11.7. The Labute approximate surface area is 213 Å². The number of aromatic nitrogens is 2. The van der Waals surface area contributed by atoms with Gasteiger partial charge in [0.1, 0.15) is 0 Å². The van der Waals surface area contributed by atoms with Crippen LogP contribution in [0.25, 0.3) is 22.4 Å². The summed E-state index contributed by atoms with van der Waals surface area (Å²) in [4.78, 5) is 33.7. The third kappa shape index (κ3) is 4.91. The summed E-state index contributed by atoms with van der Waals surface area (Å²) >= 11 is 1.33.